The molecule has 0 heterocycles. The summed E-state index contributed by atoms with van der Waals surface area (Å²) in [6, 6.07) is 24.7. The zero-order valence-corrected chi connectivity index (χ0v) is 15.0. The summed E-state index contributed by atoms with van der Waals surface area (Å²) in [5.74, 6) is 2.31. The third-order valence-corrected chi connectivity index (χ3v) is 4.03. The number of ether oxygens (including phenoxy) is 2. The van der Waals surface area contributed by atoms with E-state index in [4.69, 9.17) is 9.47 Å². The summed E-state index contributed by atoms with van der Waals surface area (Å²) in [7, 11) is 0. The molecule has 132 valence electrons. The van der Waals surface area contributed by atoms with Crippen molar-refractivity contribution in [2.45, 2.75) is 26.2 Å². The van der Waals surface area contributed by atoms with Crippen LogP contribution in [0.3, 0.4) is 0 Å². The smallest absolute Gasteiger partial charge is 0.315 e. The molecule has 0 aromatic heterocycles. The van der Waals surface area contributed by atoms with E-state index in [1.807, 2.05) is 54.6 Å². The third kappa shape index (κ3) is 4.96. The lowest BCUT2D eigenvalue weighted by molar-refractivity contribution is -0.133. The van der Waals surface area contributed by atoms with Gasteiger partial charge in [-0.15, -0.1) is 0 Å². The average Bonchev–Trinajstić information content (AvgIpc) is 2.64. The molecule has 0 amide bonds. The van der Waals surface area contributed by atoms with Gasteiger partial charge in [-0.05, 0) is 53.4 Å². The van der Waals surface area contributed by atoms with Crippen LogP contribution in [0.2, 0.25) is 0 Å². The van der Waals surface area contributed by atoms with E-state index >= 15 is 0 Å². The van der Waals surface area contributed by atoms with Crippen molar-refractivity contribution in [3.63, 3.8) is 0 Å². The van der Waals surface area contributed by atoms with Crippen molar-refractivity contribution < 1.29 is 14.3 Å². The van der Waals surface area contributed by atoms with Gasteiger partial charge in [0.05, 0.1) is 6.42 Å². The van der Waals surface area contributed by atoms with Gasteiger partial charge in [0.2, 0.25) is 0 Å². The molecule has 0 saturated carbocycles. The molecule has 0 aliphatic carbocycles. The van der Waals surface area contributed by atoms with Crippen LogP contribution in [-0.4, -0.2) is 5.97 Å². The number of esters is 1. The van der Waals surface area contributed by atoms with Crippen LogP contribution >= 0.6 is 0 Å². The van der Waals surface area contributed by atoms with Crippen LogP contribution in [0.15, 0.2) is 78.9 Å². The highest BCUT2D eigenvalue weighted by Gasteiger charge is 2.07. The molecule has 3 heteroatoms. The van der Waals surface area contributed by atoms with Gasteiger partial charge in [-0.3, -0.25) is 4.79 Å². The fourth-order valence-electron chi connectivity index (χ4n) is 2.55. The molecule has 0 atom stereocenters. The first-order valence-corrected chi connectivity index (χ1v) is 8.72. The van der Waals surface area contributed by atoms with Gasteiger partial charge in [-0.1, -0.05) is 56.3 Å². The van der Waals surface area contributed by atoms with E-state index in [0.717, 1.165) is 17.1 Å². The highest BCUT2D eigenvalue weighted by atomic mass is 16.5. The largest absolute Gasteiger partial charge is 0.457 e. The van der Waals surface area contributed by atoms with Gasteiger partial charge in [0, 0.05) is 0 Å². The maximum absolute atomic E-state index is 12.0. The summed E-state index contributed by atoms with van der Waals surface area (Å²) in [6.07, 6.45) is 0.220. The summed E-state index contributed by atoms with van der Waals surface area (Å²) in [6.45, 7) is 4.33. The number of hydrogen-bond acceptors (Lipinski definition) is 3. The molecular weight excluding hydrogens is 324 g/mol. The lowest BCUT2D eigenvalue weighted by atomic mass is 10.0. The predicted octanol–water partition coefficient (Wildman–Crippen LogP) is 5.75. The number of rotatable bonds is 6. The van der Waals surface area contributed by atoms with E-state index in [-0.39, 0.29) is 12.4 Å². The highest BCUT2D eigenvalue weighted by Crippen LogP contribution is 2.24. The molecule has 3 aromatic rings. The molecule has 0 radical (unpaired) electrons. The Morgan fingerprint density at radius 3 is 1.92 bits per heavy atom. The second-order valence-electron chi connectivity index (χ2n) is 6.43. The van der Waals surface area contributed by atoms with Crippen molar-refractivity contribution in [2.75, 3.05) is 0 Å². The molecule has 0 bridgehead atoms. The molecule has 0 unspecified atom stereocenters. The van der Waals surface area contributed by atoms with E-state index in [1.165, 1.54) is 5.56 Å². The Hall–Kier alpha value is -3.07. The molecule has 3 nitrogen and oxygen atoms in total. The number of para-hydroxylation sites is 1. The topological polar surface area (TPSA) is 35.5 Å². The Balaban J connectivity index is 1.57. The Morgan fingerprint density at radius 2 is 1.35 bits per heavy atom. The standard InChI is InChI=1S/C23H22O3/c1-17(2)19-10-14-22(15-11-19)25-21-12-8-18(9-13-21)16-23(24)26-20-6-4-3-5-7-20/h3-15,17H,16H2,1-2H3. The van der Waals surface area contributed by atoms with Crippen LogP contribution in [0.1, 0.15) is 30.9 Å². The number of benzene rings is 3. The molecule has 0 saturated heterocycles. The number of carbonyl (C=O) groups is 1. The Bertz CT molecular complexity index is 835. The van der Waals surface area contributed by atoms with Crippen LogP contribution in [0.25, 0.3) is 0 Å². The van der Waals surface area contributed by atoms with Gasteiger partial charge in [-0.2, -0.15) is 0 Å². The maximum atomic E-state index is 12.0. The molecular formula is C23H22O3. The van der Waals surface area contributed by atoms with E-state index in [1.54, 1.807) is 12.1 Å². The van der Waals surface area contributed by atoms with Gasteiger partial charge in [0.25, 0.3) is 0 Å². The fourth-order valence-corrected chi connectivity index (χ4v) is 2.55. The lowest BCUT2D eigenvalue weighted by Gasteiger charge is -2.09. The van der Waals surface area contributed by atoms with Crippen LogP contribution in [0, 0.1) is 0 Å². The van der Waals surface area contributed by atoms with Crippen molar-refractivity contribution in [1.82, 2.24) is 0 Å². The van der Waals surface area contributed by atoms with Gasteiger partial charge < -0.3 is 9.47 Å². The summed E-state index contributed by atoms with van der Waals surface area (Å²) in [5, 5.41) is 0. The molecule has 0 aliphatic rings. The molecule has 0 spiro atoms. The second-order valence-corrected chi connectivity index (χ2v) is 6.43. The van der Waals surface area contributed by atoms with E-state index in [2.05, 4.69) is 26.0 Å². The SMILES string of the molecule is CC(C)c1ccc(Oc2ccc(CC(=O)Oc3ccccc3)cc2)cc1. The van der Waals surface area contributed by atoms with Crippen molar-refractivity contribution >= 4 is 5.97 Å². The summed E-state index contributed by atoms with van der Waals surface area (Å²) >= 11 is 0. The minimum Gasteiger partial charge on any atom is -0.457 e. The van der Waals surface area contributed by atoms with Crippen LogP contribution < -0.4 is 9.47 Å². The van der Waals surface area contributed by atoms with Crippen molar-refractivity contribution in [1.29, 1.82) is 0 Å². The summed E-state index contributed by atoms with van der Waals surface area (Å²) < 4.78 is 11.2. The van der Waals surface area contributed by atoms with Crippen molar-refractivity contribution in [2.24, 2.45) is 0 Å². The van der Waals surface area contributed by atoms with Gasteiger partial charge in [0.1, 0.15) is 17.2 Å². The molecule has 0 N–H and O–H groups in total. The van der Waals surface area contributed by atoms with E-state index in [9.17, 15) is 4.79 Å². The zero-order valence-electron chi connectivity index (χ0n) is 15.0. The van der Waals surface area contributed by atoms with E-state index < -0.39 is 0 Å². The highest BCUT2D eigenvalue weighted by molar-refractivity contribution is 5.75. The minimum atomic E-state index is -0.283. The monoisotopic (exact) mass is 346 g/mol. The van der Waals surface area contributed by atoms with Crippen molar-refractivity contribution in [3.8, 4) is 17.2 Å². The van der Waals surface area contributed by atoms with Gasteiger partial charge in [0.15, 0.2) is 0 Å². The number of carbonyl (C=O) groups excluding carboxylic acids is 1. The summed E-state index contributed by atoms with van der Waals surface area (Å²) in [4.78, 5) is 12.0. The average molecular weight is 346 g/mol. The minimum absolute atomic E-state index is 0.220. The Kier molecular flexibility index (Phi) is 5.69. The molecule has 3 aromatic carbocycles. The molecule has 0 aliphatic heterocycles. The first-order valence-electron chi connectivity index (χ1n) is 8.72. The second kappa shape index (κ2) is 8.34. The zero-order chi connectivity index (χ0) is 18.4. The van der Waals surface area contributed by atoms with Crippen LogP contribution in [0.5, 0.6) is 17.2 Å². The van der Waals surface area contributed by atoms with Crippen LogP contribution in [0.4, 0.5) is 0 Å². The molecule has 3 rings (SSSR count). The Labute approximate surface area is 154 Å². The first kappa shape index (κ1) is 17.7. The Morgan fingerprint density at radius 1 is 0.769 bits per heavy atom. The lowest BCUT2D eigenvalue weighted by Crippen LogP contribution is -2.11. The quantitative estimate of drug-likeness (QED) is 0.421. The van der Waals surface area contributed by atoms with E-state index in [0.29, 0.717) is 11.7 Å². The van der Waals surface area contributed by atoms with Crippen molar-refractivity contribution in [3.05, 3.63) is 90.0 Å². The van der Waals surface area contributed by atoms with Gasteiger partial charge in [-0.25, -0.2) is 0 Å². The third-order valence-electron chi connectivity index (χ3n) is 4.03. The van der Waals surface area contributed by atoms with Gasteiger partial charge >= 0.3 is 5.97 Å². The van der Waals surface area contributed by atoms with Crippen LogP contribution in [-0.2, 0) is 11.2 Å². The number of hydrogen-bond donors (Lipinski definition) is 0. The summed E-state index contributed by atoms with van der Waals surface area (Å²) in [5.41, 5.74) is 2.16. The maximum Gasteiger partial charge on any atom is 0.315 e. The fraction of sp³-hybridized carbons (Fsp3) is 0.174. The first-order chi connectivity index (χ1) is 12.6. The normalized spacial score (nSPS) is 10.6. The predicted molar refractivity (Wildman–Crippen MR) is 103 cm³/mol. The molecule has 26 heavy (non-hydrogen) atoms. The molecule has 0 fully saturated rings.